The van der Waals surface area contributed by atoms with Gasteiger partial charge in [-0.1, -0.05) is 37.5 Å². The van der Waals surface area contributed by atoms with Crippen LogP contribution in [0.25, 0.3) is 0 Å². The number of imide groups is 1. The number of hydrogen-bond acceptors (Lipinski definition) is 5. The molecule has 2 N–H and O–H groups in total. The van der Waals surface area contributed by atoms with Crippen LogP contribution < -0.4 is 10.6 Å². The molecule has 1 aliphatic rings. The molecule has 1 aromatic carbocycles. The number of ether oxygens (including phenoxy) is 1. The van der Waals surface area contributed by atoms with E-state index in [1.807, 2.05) is 32.9 Å². The van der Waals surface area contributed by atoms with Gasteiger partial charge in [0.05, 0.1) is 0 Å². The van der Waals surface area contributed by atoms with Crippen molar-refractivity contribution < 1.29 is 23.9 Å². The standard InChI is InChI=1S/C20H27N3O5/c1-5-6-9-20(4)18(26)23(19(27)22-20)11-17(25)28-12-16(24)21-15-8-7-13(2)10-14(15)3/h7-8,10H,5-6,9,11-12H2,1-4H3,(H,21,24)(H,22,27)/t20-/m1/s1. The Morgan fingerprint density at radius 3 is 2.61 bits per heavy atom. The number of hydrogen-bond donors (Lipinski definition) is 2. The molecule has 1 aliphatic heterocycles. The maximum Gasteiger partial charge on any atom is 0.326 e. The topological polar surface area (TPSA) is 105 Å². The minimum Gasteiger partial charge on any atom is -0.454 e. The fourth-order valence-corrected chi connectivity index (χ4v) is 3.05. The van der Waals surface area contributed by atoms with E-state index in [9.17, 15) is 19.2 Å². The van der Waals surface area contributed by atoms with Gasteiger partial charge >= 0.3 is 12.0 Å². The summed E-state index contributed by atoms with van der Waals surface area (Å²) in [5.74, 6) is -1.77. The highest BCUT2D eigenvalue weighted by molar-refractivity contribution is 6.08. The van der Waals surface area contributed by atoms with Crippen molar-refractivity contribution in [1.82, 2.24) is 10.2 Å². The molecule has 0 spiro atoms. The third kappa shape index (κ3) is 5.09. The summed E-state index contributed by atoms with van der Waals surface area (Å²) in [6, 6.07) is 4.94. The number of carbonyl (C=O) groups excluding carboxylic acids is 4. The fraction of sp³-hybridized carbons (Fsp3) is 0.500. The van der Waals surface area contributed by atoms with Crippen LogP contribution in [0.3, 0.4) is 0 Å². The second kappa shape index (κ2) is 8.86. The van der Waals surface area contributed by atoms with Gasteiger partial charge in [-0.3, -0.25) is 19.3 Å². The van der Waals surface area contributed by atoms with Crippen molar-refractivity contribution in [3.05, 3.63) is 29.3 Å². The van der Waals surface area contributed by atoms with Crippen molar-refractivity contribution in [1.29, 1.82) is 0 Å². The zero-order valence-electron chi connectivity index (χ0n) is 16.8. The van der Waals surface area contributed by atoms with Gasteiger partial charge in [0.2, 0.25) is 0 Å². The van der Waals surface area contributed by atoms with Crippen molar-refractivity contribution in [2.45, 2.75) is 52.5 Å². The van der Waals surface area contributed by atoms with E-state index in [1.54, 1.807) is 13.0 Å². The third-order valence-corrected chi connectivity index (χ3v) is 4.68. The molecular weight excluding hydrogens is 362 g/mol. The Bertz CT molecular complexity index is 792. The zero-order chi connectivity index (χ0) is 20.9. The van der Waals surface area contributed by atoms with Crippen molar-refractivity contribution >= 4 is 29.5 Å². The van der Waals surface area contributed by atoms with E-state index in [0.717, 1.165) is 28.9 Å². The lowest BCUT2D eigenvalue weighted by Crippen LogP contribution is -2.44. The maximum atomic E-state index is 12.5. The van der Waals surface area contributed by atoms with Gasteiger partial charge in [-0.25, -0.2) is 4.79 Å². The predicted octanol–water partition coefficient (Wildman–Crippen LogP) is 2.29. The molecule has 8 heteroatoms. The molecule has 0 unspecified atom stereocenters. The van der Waals surface area contributed by atoms with Gasteiger partial charge in [-0.05, 0) is 38.8 Å². The Hall–Kier alpha value is -2.90. The van der Waals surface area contributed by atoms with E-state index in [0.29, 0.717) is 12.1 Å². The highest BCUT2D eigenvalue weighted by atomic mass is 16.5. The van der Waals surface area contributed by atoms with E-state index in [1.165, 1.54) is 0 Å². The van der Waals surface area contributed by atoms with Crippen LogP contribution in [-0.4, -0.2) is 47.4 Å². The van der Waals surface area contributed by atoms with E-state index in [4.69, 9.17) is 4.74 Å². The number of aryl methyl sites for hydroxylation is 2. The van der Waals surface area contributed by atoms with Crippen molar-refractivity contribution in [2.24, 2.45) is 0 Å². The molecule has 0 bridgehead atoms. The van der Waals surface area contributed by atoms with E-state index in [-0.39, 0.29) is 0 Å². The lowest BCUT2D eigenvalue weighted by atomic mass is 9.95. The quantitative estimate of drug-likeness (QED) is 0.524. The minimum atomic E-state index is -1.01. The summed E-state index contributed by atoms with van der Waals surface area (Å²) in [6.45, 7) is 6.42. The highest BCUT2D eigenvalue weighted by Crippen LogP contribution is 2.23. The number of anilines is 1. The van der Waals surface area contributed by atoms with Gasteiger partial charge in [0, 0.05) is 5.69 Å². The Morgan fingerprint density at radius 2 is 1.96 bits per heavy atom. The summed E-state index contributed by atoms with van der Waals surface area (Å²) in [5.41, 5.74) is 1.59. The summed E-state index contributed by atoms with van der Waals surface area (Å²) >= 11 is 0. The van der Waals surface area contributed by atoms with Crippen LogP contribution in [0.4, 0.5) is 10.5 Å². The first-order valence-corrected chi connectivity index (χ1v) is 9.33. The predicted molar refractivity (Wildman–Crippen MR) is 104 cm³/mol. The minimum absolute atomic E-state index is 0.456. The second-order valence-electron chi connectivity index (χ2n) is 7.28. The van der Waals surface area contributed by atoms with Crippen molar-refractivity contribution in [2.75, 3.05) is 18.5 Å². The van der Waals surface area contributed by atoms with Crippen LogP contribution in [0.5, 0.6) is 0 Å². The van der Waals surface area contributed by atoms with Gasteiger partial charge in [0.25, 0.3) is 11.8 Å². The molecule has 152 valence electrons. The molecule has 0 aliphatic carbocycles. The zero-order valence-corrected chi connectivity index (χ0v) is 16.8. The molecule has 0 aromatic heterocycles. The Labute approximate surface area is 164 Å². The summed E-state index contributed by atoms with van der Waals surface area (Å²) in [7, 11) is 0. The first-order valence-electron chi connectivity index (χ1n) is 9.33. The Kier molecular flexibility index (Phi) is 6.77. The molecule has 0 radical (unpaired) electrons. The van der Waals surface area contributed by atoms with Crippen molar-refractivity contribution in [3.63, 3.8) is 0 Å². The normalized spacial score (nSPS) is 18.8. The third-order valence-electron chi connectivity index (χ3n) is 4.68. The number of carbonyl (C=O) groups is 4. The molecule has 1 aromatic rings. The summed E-state index contributed by atoms with van der Waals surface area (Å²) < 4.78 is 4.92. The van der Waals surface area contributed by atoms with Crippen LogP contribution in [0, 0.1) is 13.8 Å². The largest absolute Gasteiger partial charge is 0.454 e. The smallest absolute Gasteiger partial charge is 0.326 e. The van der Waals surface area contributed by atoms with Crippen LogP contribution in [0.15, 0.2) is 18.2 Å². The first-order chi connectivity index (χ1) is 13.2. The van der Waals surface area contributed by atoms with Crippen LogP contribution in [0.1, 0.15) is 44.2 Å². The molecule has 28 heavy (non-hydrogen) atoms. The van der Waals surface area contributed by atoms with Gasteiger partial charge < -0.3 is 15.4 Å². The summed E-state index contributed by atoms with van der Waals surface area (Å²) in [5, 5.41) is 5.29. The van der Waals surface area contributed by atoms with E-state index in [2.05, 4.69) is 10.6 Å². The number of esters is 1. The van der Waals surface area contributed by atoms with Crippen LogP contribution in [0.2, 0.25) is 0 Å². The average Bonchev–Trinajstić information content (AvgIpc) is 2.84. The molecule has 4 amide bonds. The summed E-state index contributed by atoms with van der Waals surface area (Å²) in [4.78, 5) is 49.4. The number of benzene rings is 1. The number of nitrogens with zero attached hydrogens (tertiary/aromatic N) is 1. The maximum absolute atomic E-state index is 12.5. The van der Waals surface area contributed by atoms with E-state index < -0.39 is 42.5 Å². The highest BCUT2D eigenvalue weighted by Gasteiger charge is 2.47. The fourth-order valence-electron chi connectivity index (χ4n) is 3.05. The molecule has 1 saturated heterocycles. The monoisotopic (exact) mass is 389 g/mol. The Morgan fingerprint density at radius 1 is 1.25 bits per heavy atom. The first kappa shape index (κ1) is 21.4. The average molecular weight is 389 g/mol. The molecule has 1 atom stereocenters. The molecule has 2 rings (SSSR count). The number of rotatable bonds is 8. The van der Waals surface area contributed by atoms with Crippen LogP contribution >= 0.6 is 0 Å². The van der Waals surface area contributed by atoms with E-state index >= 15 is 0 Å². The van der Waals surface area contributed by atoms with Gasteiger partial charge in [-0.15, -0.1) is 0 Å². The number of amides is 4. The lowest BCUT2D eigenvalue weighted by molar-refractivity contribution is -0.150. The molecule has 1 fully saturated rings. The Balaban J connectivity index is 1.85. The molecule has 0 saturated carbocycles. The number of unbranched alkanes of at least 4 members (excludes halogenated alkanes) is 1. The van der Waals surface area contributed by atoms with Gasteiger partial charge in [0.1, 0.15) is 12.1 Å². The van der Waals surface area contributed by atoms with Crippen LogP contribution in [-0.2, 0) is 19.1 Å². The molecule has 8 nitrogen and oxygen atoms in total. The lowest BCUT2D eigenvalue weighted by Gasteiger charge is -2.21. The SMILES string of the molecule is CCCC[C@@]1(C)NC(=O)N(CC(=O)OCC(=O)Nc2ccc(C)cc2C)C1=O. The van der Waals surface area contributed by atoms with Crippen molar-refractivity contribution in [3.8, 4) is 0 Å². The second-order valence-corrected chi connectivity index (χ2v) is 7.28. The van der Waals surface area contributed by atoms with Gasteiger partial charge in [0.15, 0.2) is 6.61 Å². The summed E-state index contributed by atoms with van der Waals surface area (Å²) in [6.07, 6.45) is 2.16. The molecular formula is C20H27N3O5. The number of nitrogens with one attached hydrogen (secondary N) is 2. The van der Waals surface area contributed by atoms with Gasteiger partial charge in [-0.2, -0.15) is 0 Å². The molecule has 1 heterocycles. The number of urea groups is 1.